The number of nitrogens with zero attached hydrogens (tertiary/aromatic N) is 1. The van der Waals surface area contributed by atoms with Crippen molar-refractivity contribution in [3.8, 4) is 0 Å². The number of aliphatic carboxylic acids is 1. The predicted molar refractivity (Wildman–Crippen MR) is 69.8 cm³/mol. The van der Waals surface area contributed by atoms with E-state index < -0.39 is 12.0 Å². The lowest BCUT2D eigenvalue weighted by Crippen LogP contribution is -2.30. The molecule has 0 aliphatic rings. The van der Waals surface area contributed by atoms with Crippen LogP contribution in [0, 0.1) is 0 Å². The van der Waals surface area contributed by atoms with Gasteiger partial charge in [-0.1, -0.05) is 19.1 Å². The molecule has 0 bridgehead atoms. The summed E-state index contributed by atoms with van der Waals surface area (Å²) in [6.45, 7) is 1.78. The summed E-state index contributed by atoms with van der Waals surface area (Å²) < 4.78 is 0. The zero-order valence-corrected chi connectivity index (χ0v) is 10.8. The molecular formula is C13H18N2O3. The van der Waals surface area contributed by atoms with Crippen LogP contribution < -0.4 is 5.32 Å². The van der Waals surface area contributed by atoms with Crippen molar-refractivity contribution in [3.63, 3.8) is 0 Å². The minimum atomic E-state index is -0.926. The van der Waals surface area contributed by atoms with E-state index in [1.807, 2.05) is 0 Å². The molecule has 0 aliphatic carbocycles. The van der Waals surface area contributed by atoms with E-state index in [1.54, 1.807) is 45.3 Å². The Balaban J connectivity index is 3.02. The van der Waals surface area contributed by atoms with Gasteiger partial charge in [-0.15, -0.1) is 0 Å². The lowest BCUT2D eigenvalue weighted by molar-refractivity contribution is -0.137. The van der Waals surface area contributed by atoms with Gasteiger partial charge in [0.1, 0.15) is 6.04 Å². The predicted octanol–water partition coefficient (Wildman–Crippen LogP) is 1.66. The summed E-state index contributed by atoms with van der Waals surface area (Å²) in [5.74, 6) is -1.08. The van der Waals surface area contributed by atoms with Crippen LogP contribution >= 0.6 is 0 Å². The summed E-state index contributed by atoms with van der Waals surface area (Å²) in [4.78, 5) is 24.4. The van der Waals surface area contributed by atoms with Gasteiger partial charge >= 0.3 is 5.97 Å². The number of carboxylic acids is 1. The molecule has 1 aromatic rings. The molecule has 2 N–H and O–H groups in total. The molecule has 98 valence electrons. The molecule has 1 aromatic carbocycles. The van der Waals surface area contributed by atoms with Crippen LogP contribution in [0.3, 0.4) is 0 Å². The second-order valence-electron chi connectivity index (χ2n) is 4.19. The highest BCUT2D eigenvalue weighted by atomic mass is 16.4. The second-order valence-corrected chi connectivity index (χ2v) is 4.19. The van der Waals surface area contributed by atoms with Crippen LogP contribution in [0.2, 0.25) is 0 Å². The lowest BCUT2D eigenvalue weighted by atomic mass is 10.1. The second kappa shape index (κ2) is 6.05. The molecule has 1 rings (SSSR count). The maximum absolute atomic E-state index is 11.9. The Morgan fingerprint density at radius 2 is 1.94 bits per heavy atom. The van der Waals surface area contributed by atoms with E-state index in [-0.39, 0.29) is 5.91 Å². The van der Waals surface area contributed by atoms with E-state index in [9.17, 15) is 9.59 Å². The quantitative estimate of drug-likeness (QED) is 0.834. The van der Waals surface area contributed by atoms with E-state index in [4.69, 9.17) is 5.11 Å². The first kappa shape index (κ1) is 14.0. The fourth-order valence-corrected chi connectivity index (χ4v) is 1.56. The van der Waals surface area contributed by atoms with E-state index in [2.05, 4.69) is 5.32 Å². The minimum Gasteiger partial charge on any atom is -0.480 e. The zero-order chi connectivity index (χ0) is 13.7. The van der Waals surface area contributed by atoms with Crippen molar-refractivity contribution >= 4 is 17.6 Å². The van der Waals surface area contributed by atoms with Gasteiger partial charge in [-0.3, -0.25) is 4.79 Å². The van der Waals surface area contributed by atoms with Crippen LogP contribution in [0.1, 0.15) is 23.7 Å². The number of hydrogen-bond acceptors (Lipinski definition) is 3. The number of amides is 1. The molecule has 0 heterocycles. The van der Waals surface area contributed by atoms with Gasteiger partial charge in [0.2, 0.25) is 0 Å². The van der Waals surface area contributed by atoms with Crippen LogP contribution in [0.4, 0.5) is 5.69 Å². The Bertz CT molecular complexity index is 444. The standard InChI is InChI=1S/C13H18N2O3/c1-4-10(13(17)18)14-11-8-6-5-7-9(11)12(16)15(2)3/h5-8,10,14H,4H2,1-3H3,(H,17,18). The van der Waals surface area contributed by atoms with Crippen molar-refractivity contribution < 1.29 is 14.7 Å². The summed E-state index contributed by atoms with van der Waals surface area (Å²) >= 11 is 0. The minimum absolute atomic E-state index is 0.154. The van der Waals surface area contributed by atoms with Crippen molar-refractivity contribution in [2.24, 2.45) is 0 Å². The van der Waals surface area contributed by atoms with Crippen LogP contribution in [0.25, 0.3) is 0 Å². The summed E-state index contributed by atoms with van der Waals surface area (Å²) in [5, 5.41) is 11.9. The first-order chi connectivity index (χ1) is 8.47. The van der Waals surface area contributed by atoms with Gasteiger partial charge in [-0.2, -0.15) is 0 Å². The number of anilines is 1. The molecule has 18 heavy (non-hydrogen) atoms. The summed E-state index contributed by atoms with van der Waals surface area (Å²) in [6, 6.07) is 6.22. The van der Waals surface area contributed by atoms with E-state index >= 15 is 0 Å². The number of nitrogens with one attached hydrogen (secondary N) is 1. The Morgan fingerprint density at radius 1 is 1.33 bits per heavy atom. The van der Waals surface area contributed by atoms with Crippen molar-refractivity contribution in [2.75, 3.05) is 19.4 Å². The molecule has 1 amide bonds. The fraction of sp³-hybridized carbons (Fsp3) is 0.385. The fourth-order valence-electron chi connectivity index (χ4n) is 1.56. The Morgan fingerprint density at radius 3 is 2.44 bits per heavy atom. The largest absolute Gasteiger partial charge is 0.480 e. The molecule has 0 saturated carbocycles. The van der Waals surface area contributed by atoms with Crippen LogP contribution in [-0.4, -0.2) is 42.0 Å². The van der Waals surface area contributed by atoms with E-state index in [0.29, 0.717) is 17.7 Å². The molecule has 0 saturated heterocycles. The van der Waals surface area contributed by atoms with Gasteiger partial charge in [0.25, 0.3) is 5.91 Å². The third-order valence-electron chi connectivity index (χ3n) is 2.60. The van der Waals surface area contributed by atoms with Crippen molar-refractivity contribution in [1.29, 1.82) is 0 Å². The van der Waals surface area contributed by atoms with Gasteiger partial charge in [0.05, 0.1) is 5.56 Å². The molecule has 0 aliphatic heterocycles. The summed E-state index contributed by atoms with van der Waals surface area (Å²) in [5.41, 5.74) is 1.02. The molecule has 0 spiro atoms. The van der Waals surface area contributed by atoms with Crippen molar-refractivity contribution in [3.05, 3.63) is 29.8 Å². The molecule has 0 aromatic heterocycles. The van der Waals surface area contributed by atoms with Crippen LogP contribution in [-0.2, 0) is 4.79 Å². The average molecular weight is 250 g/mol. The highest BCUT2D eigenvalue weighted by Gasteiger charge is 2.18. The molecule has 1 unspecified atom stereocenters. The monoisotopic (exact) mass is 250 g/mol. The zero-order valence-electron chi connectivity index (χ0n) is 10.8. The highest BCUT2D eigenvalue weighted by molar-refractivity contribution is 5.99. The molecule has 0 radical (unpaired) electrons. The van der Waals surface area contributed by atoms with Gasteiger partial charge < -0.3 is 15.3 Å². The lowest BCUT2D eigenvalue weighted by Gasteiger charge is -2.18. The van der Waals surface area contributed by atoms with E-state index in [0.717, 1.165) is 0 Å². The molecule has 5 heteroatoms. The first-order valence-corrected chi connectivity index (χ1v) is 5.77. The average Bonchev–Trinajstić information content (AvgIpc) is 2.35. The Kier molecular flexibility index (Phi) is 4.71. The number of carboxylic acid groups (broad SMARTS) is 1. The van der Waals surface area contributed by atoms with Gasteiger partial charge in [0.15, 0.2) is 0 Å². The van der Waals surface area contributed by atoms with Crippen molar-refractivity contribution in [2.45, 2.75) is 19.4 Å². The smallest absolute Gasteiger partial charge is 0.326 e. The van der Waals surface area contributed by atoms with Crippen molar-refractivity contribution in [1.82, 2.24) is 4.90 Å². The molecular weight excluding hydrogens is 232 g/mol. The maximum Gasteiger partial charge on any atom is 0.326 e. The third-order valence-corrected chi connectivity index (χ3v) is 2.60. The third kappa shape index (κ3) is 3.23. The molecule has 0 fully saturated rings. The van der Waals surface area contributed by atoms with Gasteiger partial charge in [-0.05, 0) is 18.6 Å². The normalized spacial score (nSPS) is 11.7. The van der Waals surface area contributed by atoms with Gasteiger partial charge in [-0.25, -0.2) is 4.79 Å². The number of carbonyl (C=O) groups is 2. The van der Waals surface area contributed by atoms with Gasteiger partial charge in [0, 0.05) is 19.8 Å². The number of benzene rings is 1. The summed E-state index contributed by atoms with van der Waals surface area (Å²) in [6.07, 6.45) is 0.444. The van der Waals surface area contributed by atoms with E-state index in [1.165, 1.54) is 4.90 Å². The SMILES string of the molecule is CCC(Nc1ccccc1C(=O)N(C)C)C(=O)O. The number of hydrogen-bond donors (Lipinski definition) is 2. The first-order valence-electron chi connectivity index (χ1n) is 5.77. The number of carbonyl (C=O) groups excluding carboxylic acids is 1. The number of rotatable bonds is 5. The highest BCUT2D eigenvalue weighted by Crippen LogP contribution is 2.18. The number of para-hydroxylation sites is 1. The van der Waals surface area contributed by atoms with Crippen LogP contribution in [0.15, 0.2) is 24.3 Å². The molecule has 1 atom stereocenters. The maximum atomic E-state index is 11.9. The topological polar surface area (TPSA) is 69.6 Å². The molecule has 5 nitrogen and oxygen atoms in total. The van der Waals surface area contributed by atoms with Crippen LogP contribution in [0.5, 0.6) is 0 Å². The summed E-state index contributed by atoms with van der Waals surface area (Å²) in [7, 11) is 3.32. The Labute approximate surface area is 106 Å². The Hall–Kier alpha value is -2.04.